The lowest BCUT2D eigenvalue weighted by Crippen LogP contribution is -2.18. The molecule has 1 nitrogen and oxygen atoms in total. The SMILES string of the molecule is CC/C(=C/c1ccc(F)c(Cl)c1)CNC1CC1. The van der Waals surface area contributed by atoms with Crippen LogP contribution in [0, 0.1) is 5.82 Å². The standard InChI is InChI=1S/C14H17ClFN/c1-2-10(9-17-12-4-5-12)7-11-3-6-14(16)13(15)8-11/h3,6-8,12,17H,2,4-5,9H2,1H3/b10-7-. The second-order valence-electron chi connectivity index (χ2n) is 4.48. The van der Waals surface area contributed by atoms with Crippen molar-refractivity contribution in [3.05, 3.63) is 40.2 Å². The quantitative estimate of drug-likeness (QED) is 0.836. The lowest BCUT2D eigenvalue weighted by Gasteiger charge is -2.06. The molecular formula is C14H17ClFN. The van der Waals surface area contributed by atoms with Gasteiger partial charge in [0.2, 0.25) is 0 Å². The number of halogens is 2. The predicted molar refractivity (Wildman–Crippen MR) is 70.7 cm³/mol. The molecule has 0 unspecified atom stereocenters. The Bertz CT molecular complexity index is 424. The topological polar surface area (TPSA) is 12.0 Å². The Morgan fingerprint density at radius 1 is 1.53 bits per heavy atom. The maximum absolute atomic E-state index is 13.0. The van der Waals surface area contributed by atoms with E-state index in [1.807, 2.05) is 0 Å². The van der Waals surface area contributed by atoms with Crippen molar-refractivity contribution in [2.24, 2.45) is 0 Å². The van der Waals surface area contributed by atoms with Crippen molar-refractivity contribution in [3.63, 3.8) is 0 Å². The minimum absolute atomic E-state index is 0.185. The van der Waals surface area contributed by atoms with Crippen LogP contribution in [0.25, 0.3) is 6.08 Å². The van der Waals surface area contributed by atoms with E-state index in [2.05, 4.69) is 18.3 Å². The van der Waals surface area contributed by atoms with E-state index in [9.17, 15) is 4.39 Å². The van der Waals surface area contributed by atoms with Gasteiger partial charge in [-0.3, -0.25) is 0 Å². The summed E-state index contributed by atoms with van der Waals surface area (Å²) in [5.41, 5.74) is 2.28. The molecule has 1 N–H and O–H groups in total. The second kappa shape index (κ2) is 5.65. The minimum atomic E-state index is -0.363. The smallest absolute Gasteiger partial charge is 0.141 e. The molecule has 17 heavy (non-hydrogen) atoms. The maximum Gasteiger partial charge on any atom is 0.141 e. The molecule has 3 heteroatoms. The Morgan fingerprint density at radius 2 is 2.29 bits per heavy atom. The number of nitrogens with one attached hydrogen (secondary N) is 1. The van der Waals surface area contributed by atoms with E-state index >= 15 is 0 Å². The third-order valence-electron chi connectivity index (χ3n) is 2.96. The van der Waals surface area contributed by atoms with Crippen molar-refractivity contribution in [2.75, 3.05) is 6.54 Å². The van der Waals surface area contributed by atoms with Gasteiger partial charge in [0.15, 0.2) is 0 Å². The highest BCUT2D eigenvalue weighted by molar-refractivity contribution is 6.30. The van der Waals surface area contributed by atoms with Gasteiger partial charge < -0.3 is 5.32 Å². The van der Waals surface area contributed by atoms with Crippen molar-refractivity contribution >= 4 is 17.7 Å². The molecule has 1 aliphatic carbocycles. The van der Waals surface area contributed by atoms with E-state index in [0.29, 0.717) is 6.04 Å². The summed E-state index contributed by atoms with van der Waals surface area (Å²) in [6.45, 7) is 3.04. The first-order valence-electron chi connectivity index (χ1n) is 6.07. The van der Waals surface area contributed by atoms with Crippen LogP contribution in [0.1, 0.15) is 31.7 Å². The Morgan fingerprint density at radius 3 is 2.88 bits per heavy atom. The molecule has 0 heterocycles. The molecule has 0 aromatic heterocycles. The van der Waals surface area contributed by atoms with Gasteiger partial charge in [-0.2, -0.15) is 0 Å². The molecule has 1 aromatic rings. The van der Waals surface area contributed by atoms with Crippen LogP contribution in [0.2, 0.25) is 5.02 Å². The van der Waals surface area contributed by atoms with Gasteiger partial charge >= 0.3 is 0 Å². The molecule has 1 saturated carbocycles. The summed E-state index contributed by atoms with van der Waals surface area (Å²) >= 11 is 5.76. The highest BCUT2D eigenvalue weighted by atomic mass is 35.5. The van der Waals surface area contributed by atoms with Gasteiger partial charge in [-0.05, 0) is 37.0 Å². The molecule has 1 aromatic carbocycles. The summed E-state index contributed by atoms with van der Waals surface area (Å²) in [4.78, 5) is 0. The van der Waals surface area contributed by atoms with Crippen LogP contribution in [-0.2, 0) is 0 Å². The summed E-state index contributed by atoms with van der Waals surface area (Å²) in [5, 5.41) is 3.66. The number of rotatable bonds is 5. The molecule has 0 atom stereocenters. The van der Waals surface area contributed by atoms with Crippen molar-refractivity contribution in [2.45, 2.75) is 32.2 Å². The Kier molecular flexibility index (Phi) is 4.19. The van der Waals surface area contributed by atoms with Crippen LogP contribution in [0.4, 0.5) is 4.39 Å². The van der Waals surface area contributed by atoms with E-state index in [4.69, 9.17) is 11.6 Å². The fraction of sp³-hybridized carbons (Fsp3) is 0.429. The van der Waals surface area contributed by atoms with Gasteiger partial charge in [0.1, 0.15) is 5.82 Å². The van der Waals surface area contributed by atoms with Gasteiger partial charge in [-0.1, -0.05) is 36.2 Å². The number of hydrogen-bond acceptors (Lipinski definition) is 1. The molecule has 0 spiro atoms. The van der Waals surface area contributed by atoms with Crippen molar-refractivity contribution in [1.29, 1.82) is 0 Å². The van der Waals surface area contributed by atoms with Crippen LogP contribution in [-0.4, -0.2) is 12.6 Å². The molecular weight excluding hydrogens is 237 g/mol. The first-order valence-corrected chi connectivity index (χ1v) is 6.44. The van der Waals surface area contributed by atoms with E-state index in [0.717, 1.165) is 18.5 Å². The molecule has 0 amide bonds. The lowest BCUT2D eigenvalue weighted by molar-refractivity contribution is 0.628. The highest BCUT2D eigenvalue weighted by Crippen LogP contribution is 2.21. The Hall–Kier alpha value is -0.860. The third-order valence-corrected chi connectivity index (χ3v) is 3.25. The first-order chi connectivity index (χ1) is 8.19. The number of benzene rings is 1. The second-order valence-corrected chi connectivity index (χ2v) is 4.89. The maximum atomic E-state index is 13.0. The fourth-order valence-electron chi connectivity index (χ4n) is 1.68. The van der Waals surface area contributed by atoms with E-state index in [1.165, 1.54) is 24.5 Å². The van der Waals surface area contributed by atoms with Gasteiger partial charge in [-0.15, -0.1) is 0 Å². The van der Waals surface area contributed by atoms with Crippen molar-refractivity contribution in [3.8, 4) is 0 Å². The fourth-order valence-corrected chi connectivity index (χ4v) is 1.87. The van der Waals surface area contributed by atoms with Crippen LogP contribution in [0.15, 0.2) is 23.8 Å². The minimum Gasteiger partial charge on any atom is -0.310 e. The van der Waals surface area contributed by atoms with Gasteiger partial charge in [0.05, 0.1) is 5.02 Å². The molecule has 1 aliphatic rings. The van der Waals surface area contributed by atoms with Crippen LogP contribution in [0.5, 0.6) is 0 Å². The van der Waals surface area contributed by atoms with Gasteiger partial charge in [0, 0.05) is 12.6 Å². The molecule has 0 saturated heterocycles. The molecule has 2 rings (SSSR count). The lowest BCUT2D eigenvalue weighted by atomic mass is 10.1. The predicted octanol–water partition coefficient (Wildman–Crippen LogP) is 4.02. The Labute approximate surface area is 107 Å². The number of hydrogen-bond donors (Lipinski definition) is 1. The summed E-state index contributed by atoms with van der Waals surface area (Å²) < 4.78 is 13.0. The molecule has 0 radical (unpaired) electrons. The summed E-state index contributed by atoms with van der Waals surface area (Å²) in [6.07, 6.45) is 5.66. The summed E-state index contributed by atoms with van der Waals surface area (Å²) in [7, 11) is 0. The highest BCUT2D eigenvalue weighted by Gasteiger charge is 2.19. The first kappa shape index (κ1) is 12.6. The summed E-state index contributed by atoms with van der Waals surface area (Å²) in [6, 6.07) is 5.55. The van der Waals surface area contributed by atoms with Gasteiger partial charge in [0.25, 0.3) is 0 Å². The molecule has 1 fully saturated rings. The third kappa shape index (κ3) is 3.83. The average Bonchev–Trinajstić information content (AvgIpc) is 3.13. The zero-order valence-electron chi connectivity index (χ0n) is 9.97. The average molecular weight is 254 g/mol. The van der Waals surface area contributed by atoms with E-state index in [1.54, 1.807) is 12.1 Å². The summed E-state index contributed by atoms with van der Waals surface area (Å²) in [5.74, 6) is -0.363. The van der Waals surface area contributed by atoms with Gasteiger partial charge in [-0.25, -0.2) is 4.39 Å². The van der Waals surface area contributed by atoms with Crippen LogP contribution in [0.3, 0.4) is 0 Å². The normalized spacial score (nSPS) is 16.3. The molecule has 0 aliphatic heterocycles. The zero-order chi connectivity index (χ0) is 12.3. The largest absolute Gasteiger partial charge is 0.310 e. The van der Waals surface area contributed by atoms with E-state index < -0.39 is 0 Å². The van der Waals surface area contributed by atoms with Crippen molar-refractivity contribution in [1.82, 2.24) is 5.32 Å². The van der Waals surface area contributed by atoms with E-state index in [-0.39, 0.29) is 10.8 Å². The molecule has 0 bridgehead atoms. The zero-order valence-corrected chi connectivity index (χ0v) is 10.7. The van der Waals surface area contributed by atoms with Crippen molar-refractivity contribution < 1.29 is 4.39 Å². The van der Waals surface area contributed by atoms with Crippen LogP contribution >= 0.6 is 11.6 Å². The molecule has 92 valence electrons. The Balaban J connectivity index is 2.04. The van der Waals surface area contributed by atoms with Crippen LogP contribution < -0.4 is 5.32 Å². The monoisotopic (exact) mass is 253 g/mol.